The number of hydrogen-bond acceptors (Lipinski definition) is 2. The Kier molecular flexibility index (Phi) is 4.68. The van der Waals surface area contributed by atoms with Crippen molar-refractivity contribution in [2.75, 3.05) is 19.0 Å². The van der Waals surface area contributed by atoms with E-state index in [4.69, 9.17) is 0 Å². The number of hydrogen-bond donors (Lipinski definition) is 0. The molecule has 2 rings (SSSR count). The third-order valence-electron chi connectivity index (χ3n) is 3.11. The quantitative estimate of drug-likeness (QED) is 0.658. The highest BCUT2D eigenvalue weighted by Crippen LogP contribution is 2.30. The lowest BCUT2D eigenvalue weighted by Gasteiger charge is -2.11. The summed E-state index contributed by atoms with van der Waals surface area (Å²) in [6.07, 6.45) is 4.41. The fourth-order valence-electron chi connectivity index (χ4n) is 1.87. The molecule has 0 bridgehead atoms. The number of benzene rings is 1. The molecule has 0 saturated heterocycles. The molecule has 0 radical (unpaired) electrons. The molecular weight excluding hydrogens is 365 g/mol. The van der Waals surface area contributed by atoms with Crippen molar-refractivity contribution in [2.45, 2.75) is 13.8 Å². The van der Waals surface area contributed by atoms with E-state index in [1.807, 2.05) is 11.3 Å². The smallest absolute Gasteiger partial charge is 0.0361 e. The Labute approximate surface area is 133 Å². The zero-order chi connectivity index (χ0) is 14.0. The minimum atomic E-state index is 1.23. The number of rotatable bonds is 3. The molecule has 100 valence electrons. The zero-order valence-electron chi connectivity index (χ0n) is 11.7. The third kappa shape index (κ3) is 3.39. The summed E-state index contributed by atoms with van der Waals surface area (Å²) in [5.74, 6) is 0. The van der Waals surface area contributed by atoms with Gasteiger partial charge in [0.1, 0.15) is 0 Å². The van der Waals surface area contributed by atoms with Crippen LogP contribution in [-0.2, 0) is 0 Å². The van der Waals surface area contributed by atoms with Crippen molar-refractivity contribution in [2.24, 2.45) is 0 Å². The molecule has 3 heteroatoms. The van der Waals surface area contributed by atoms with Crippen LogP contribution in [0.4, 0.5) is 5.69 Å². The fourth-order valence-corrected chi connectivity index (χ4v) is 3.64. The van der Waals surface area contributed by atoms with E-state index in [-0.39, 0.29) is 0 Å². The van der Waals surface area contributed by atoms with Gasteiger partial charge in [-0.2, -0.15) is 0 Å². The van der Waals surface area contributed by atoms with Crippen LogP contribution in [0.1, 0.15) is 20.9 Å². The average Bonchev–Trinajstić information content (AvgIpc) is 2.64. The predicted octanol–water partition coefficient (Wildman–Crippen LogP) is 5.21. The Balaban J connectivity index is 2.20. The molecular formula is C16H18INS. The Bertz CT molecular complexity index is 594. The van der Waals surface area contributed by atoms with E-state index in [1.54, 1.807) is 0 Å². The predicted molar refractivity (Wildman–Crippen MR) is 96.2 cm³/mol. The van der Waals surface area contributed by atoms with Crippen LogP contribution in [0.15, 0.2) is 24.3 Å². The van der Waals surface area contributed by atoms with E-state index in [0.29, 0.717) is 0 Å². The highest BCUT2D eigenvalue weighted by Gasteiger charge is 2.06. The summed E-state index contributed by atoms with van der Waals surface area (Å²) < 4.78 is 1.39. The van der Waals surface area contributed by atoms with Gasteiger partial charge in [-0.1, -0.05) is 18.2 Å². The maximum absolute atomic E-state index is 2.43. The molecule has 0 aliphatic carbocycles. The van der Waals surface area contributed by atoms with Crippen LogP contribution in [0.2, 0.25) is 0 Å². The average molecular weight is 383 g/mol. The van der Waals surface area contributed by atoms with Crippen molar-refractivity contribution in [1.29, 1.82) is 0 Å². The number of anilines is 1. The van der Waals surface area contributed by atoms with Crippen LogP contribution in [0.3, 0.4) is 0 Å². The van der Waals surface area contributed by atoms with Crippen molar-refractivity contribution in [3.05, 3.63) is 48.7 Å². The number of halogens is 1. The van der Waals surface area contributed by atoms with E-state index in [9.17, 15) is 0 Å². The molecule has 1 heterocycles. The molecule has 0 amide bonds. The lowest BCUT2D eigenvalue weighted by Crippen LogP contribution is -2.07. The molecule has 1 aromatic carbocycles. The fraction of sp³-hybridized carbons (Fsp3) is 0.250. The van der Waals surface area contributed by atoms with Gasteiger partial charge in [-0.25, -0.2) is 0 Å². The van der Waals surface area contributed by atoms with Crippen LogP contribution < -0.4 is 4.90 Å². The van der Waals surface area contributed by atoms with Crippen molar-refractivity contribution in [3.63, 3.8) is 0 Å². The van der Waals surface area contributed by atoms with Gasteiger partial charge in [-0.15, -0.1) is 11.3 Å². The summed E-state index contributed by atoms with van der Waals surface area (Å²) in [6.45, 7) is 4.38. The molecule has 0 fully saturated rings. The standard InChI is InChI=1S/C16H18INS/c1-11-15(19-12(2)16(11)17)10-7-13-5-8-14(9-6-13)18(3)4/h5-10H,1-4H3. The van der Waals surface area contributed by atoms with Gasteiger partial charge in [0.25, 0.3) is 0 Å². The Morgan fingerprint density at radius 1 is 1.05 bits per heavy atom. The van der Waals surface area contributed by atoms with E-state index in [2.05, 4.69) is 91.9 Å². The van der Waals surface area contributed by atoms with E-state index in [0.717, 1.165) is 0 Å². The van der Waals surface area contributed by atoms with Crippen LogP contribution in [-0.4, -0.2) is 14.1 Å². The summed E-state index contributed by atoms with van der Waals surface area (Å²) >= 11 is 4.29. The maximum atomic E-state index is 2.43. The molecule has 0 saturated carbocycles. The molecule has 0 aliphatic heterocycles. The lowest BCUT2D eigenvalue weighted by molar-refractivity contribution is 1.13. The van der Waals surface area contributed by atoms with Gasteiger partial charge in [-0.05, 0) is 65.8 Å². The summed E-state index contributed by atoms with van der Waals surface area (Å²) in [5, 5.41) is 0. The molecule has 0 unspecified atom stereocenters. The van der Waals surface area contributed by atoms with E-state index < -0.39 is 0 Å². The molecule has 19 heavy (non-hydrogen) atoms. The summed E-state index contributed by atoms with van der Waals surface area (Å²) in [5.41, 5.74) is 3.87. The van der Waals surface area contributed by atoms with Crippen molar-refractivity contribution in [1.82, 2.24) is 0 Å². The van der Waals surface area contributed by atoms with Crippen molar-refractivity contribution < 1.29 is 0 Å². The van der Waals surface area contributed by atoms with Crippen molar-refractivity contribution >= 4 is 51.8 Å². The van der Waals surface area contributed by atoms with Gasteiger partial charge in [-0.3, -0.25) is 0 Å². The summed E-state index contributed by atoms with van der Waals surface area (Å²) in [6, 6.07) is 8.62. The van der Waals surface area contributed by atoms with E-state index >= 15 is 0 Å². The normalized spacial score (nSPS) is 11.2. The molecule has 0 aliphatic rings. The first-order valence-corrected chi connectivity index (χ1v) is 8.09. The highest BCUT2D eigenvalue weighted by molar-refractivity contribution is 14.1. The van der Waals surface area contributed by atoms with Gasteiger partial charge in [0.2, 0.25) is 0 Å². The molecule has 2 aromatic rings. The molecule has 0 atom stereocenters. The molecule has 1 nitrogen and oxygen atoms in total. The lowest BCUT2D eigenvalue weighted by atomic mass is 10.1. The molecule has 0 spiro atoms. The first-order chi connectivity index (χ1) is 8.99. The van der Waals surface area contributed by atoms with E-state index in [1.165, 1.54) is 30.1 Å². The van der Waals surface area contributed by atoms with Gasteiger partial charge in [0, 0.05) is 33.1 Å². The van der Waals surface area contributed by atoms with Crippen LogP contribution >= 0.6 is 33.9 Å². The Hall–Kier alpha value is -0.810. The zero-order valence-corrected chi connectivity index (χ0v) is 14.7. The minimum Gasteiger partial charge on any atom is -0.378 e. The second-order valence-corrected chi connectivity index (χ2v) is 7.12. The molecule has 1 aromatic heterocycles. The number of thiophene rings is 1. The Morgan fingerprint density at radius 2 is 1.68 bits per heavy atom. The maximum Gasteiger partial charge on any atom is 0.0361 e. The minimum absolute atomic E-state index is 1.23. The van der Waals surface area contributed by atoms with Crippen LogP contribution in [0.5, 0.6) is 0 Å². The number of aryl methyl sites for hydroxylation is 1. The second-order valence-electron chi connectivity index (χ2n) is 4.78. The second kappa shape index (κ2) is 6.09. The Morgan fingerprint density at radius 3 is 2.16 bits per heavy atom. The van der Waals surface area contributed by atoms with Crippen LogP contribution in [0.25, 0.3) is 12.2 Å². The third-order valence-corrected chi connectivity index (χ3v) is 6.26. The molecule has 0 N–H and O–H groups in total. The SMILES string of the molecule is Cc1sc(C=Cc2ccc(N(C)C)cc2)c(C)c1I. The highest BCUT2D eigenvalue weighted by atomic mass is 127. The summed E-state index contributed by atoms with van der Waals surface area (Å²) in [7, 11) is 4.12. The van der Waals surface area contributed by atoms with Gasteiger partial charge in [0.15, 0.2) is 0 Å². The van der Waals surface area contributed by atoms with Crippen molar-refractivity contribution in [3.8, 4) is 0 Å². The van der Waals surface area contributed by atoms with Crippen LogP contribution in [0, 0.1) is 17.4 Å². The van der Waals surface area contributed by atoms with Gasteiger partial charge >= 0.3 is 0 Å². The summed E-state index contributed by atoms with van der Waals surface area (Å²) in [4.78, 5) is 4.88. The van der Waals surface area contributed by atoms with Gasteiger partial charge in [0.05, 0.1) is 0 Å². The van der Waals surface area contributed by atoms with Gasteiger partial charge < -0.3 is 4.90 Å². The largest absolute Gasteiger partial charge is 0.378 e. The topological polar surface area (TPSA) is 3.24 Å². The first-order valence-electron chi connectivity index (χ1n) is 6.20. The first kappa shape index (κ1) is 14.6. The monoisotopic (exact) mass is 383 g/mol. The number of nitrogens with zero attached hydrogens (tertiary/aromatic N) is 1.